The third-order valence-corrected chi connectivity index (χ3v) is 7.82. The number of likely N-dealkylation sites (N-methyl/N-ethyl adjacent to an activating group) is 1. The fourth-order valence-electron chi connectivity index (χ4n) is 4.27. The van der Waals surface area contributed by atoms with E-state index in [9.17, 15) is 18.0 Å². The quantitative estimate of drug-likeness (QED) is 0.594. The summed E-state index contributed by atoms with van der Waals surface area (Å²) in [5.74, 6) is -0.126. The molecule has 2 aromatic carbocycles. The molecule has 3 atom stereocenters. The Balaban J connectivity index is 1.97. The molecule has 2 aromatic rings. The lowest BCUT2D eigenvalue weighted by Crippen LogP contribution is -2.52. The number of anilines is 1. The highest BCUT2D eigenvalue weighted by Crippen LogP contribution is 2.27. The standard InChI is InChI=1S/C27H38N4O6S/c1-18(2)28-27(33)31-15-19(3)25(36-6)16-30(5)26(32)23-14-21(12-13-24(23)37-17-20(31)4)29-38(34,35)22-10-8-7-9-11-22/h7-14,18-20,25,29H,15-17H2,1-6H3,(H,28,33)/t19-,20-,25-/m1/s1. The normalized spacial score (nSPS) is 21.1. The van der Waals surface area contributed by atoms with Gasteiger partial charge in [0.2, 0.25) is 0 Å². The predicted octanol–water partition coefficient (Wildman–Crippen LogP) is 3.41. The van der Waals surface area contributed by atoms with E-state index < -0.39 is 10.0 Å². The van der Waals surface area contributed by atoms with Crippen LogP contribution < -0.4 is 14.8 Å². The fourth-order valence-corrected chi connectivity index (χ4v) is 5.34. The number of nitrogens with one attached hydrogen (secondary N) is 2. The highest BCUT2D eigenvalue weighted by molar-refractivity contribution is 7.92. The molecule has 3 amide bonds. The summed E-state index contributed by atoms with van der Waals surface area (Å²) < 4.78 is 40.0. The second kappa shape index (κ2) is 12.5. The van der Waals surface area contributed by atoms with Crippen LogP contribution in [0.25, 0.3) is 0 Å². The van der Waals surface area contributed by atoms with E-state index in [4.69, 9.17) is 9.47 Å². The number of carbonyl (C=O) groups excluding carboxylic acids is 2. The van der Waals surface area contributed by atoms with Gasteiger partial charge in [-0.3, -0.25) is 9.52 Å². The van der Waals surface area contributed by atoms with E-state index in [1.165, 1.54) is 23.1 Å². The Kier molecular flexibility index (Phi) is 9.61. The van der Waals surface area contributed by atoms with E-state index in [0.29, 0.717) is 12.3 Å². The average Bonchev–Trinajstić information content (AvgIpc) is 2.87. The van der Waals surface area contributed by atoms with Gasteiger partial charge in [-0.15, -0.1) is 0 Å². The maximum Gasteiger partial charge on any atom is 0.317 e. The van der Waals surface area contributed by atoms with Gasteiger partial charge in [-0.05, 0) is 51.1 Å². The highest BCUT2D eigenvalue weighted by Gasteiger charge is 2.30. The van der Waals surface area contributed by atoms with E-state index >= 15 is 0 Å². The van der Waals surface area contributed by atoms with Crippen LogP contribution in [0, 0.1) is 5.92 Å². The molecule has 0 spiro atoms. The minimum absolute atomic E-state index is 0.0342. The number of rotatable bonds is 5. The Morgan fingerprint density at radius 2 is 1.79 bits per heavy atom. The second-order valence-electron chi connectivity index (χ2n) is 9.98. The topological polar surface area (TPSA) is 117 Å². The number of hydrogen-bond acceptors (Lipinski definition) is 6. The van der Waals surface area contributed by atoms with Crippen LogP contribution in [-0.2, 0) is 14.8 Å². The molecule has 0 aliphatic carbocycles. The van der Waals surface area contributed by atoms with Crippen LogP contribution in [0.2, 0.25) is 0 Å². The number of carbonyl (C=O) groups is 2. The van der Waals surface area contributed by atoms with Crippen molar-refractivity contribution in [3.63, 3.8) is 0 Å². The number of nitrogens with zero attached hydrogens (tertiary/aromatic N) is 2. The molecule has 0 aromatic heterocycles. The van der Waals surface area contributed by atoms with E-state index in [1.807, 2.05) is 27.7 Å². The number of fused-ring (bicyclic) bond motifs is 1. The van der Waals surface area contributed by atoms with Gasteiger partial charge >= 0.3 is 6.03 Å². The van der Waals surface area contributed by atoms with Gasteiger partial charge < -0.3 is 24.6 Å². The molecule has 0 saturated carbocycles. The summed E-state index contributed by atoms with van der Waals surface area (Å²) in [4.78, 5) is 29.9. The van der Waals surface area contributed by atoms with E-state index in [-0.39, 0.29) is 65.3 Å². The SMILES string of the molecule is CO[C@@H]1CN(C)C(=O)c2cc(NS(=O)(=O)c3ccccc3)ccc2OC[C@@H](C)N(C(=O)NC(C)C)C[C@H]1C. The van der Waals surface area contributed by atoms with Gasteiger partial charge in [0.15, 0.2) is 0 Å². The van der Waals surface area contributed by atoms with Crippen LogP contribution in [0.1, 0.15) is 38.1 Å². The third-order valence-electron chi connectivity index (χ3n) is 6.42. The molecule has 1 aliphatic heterocycles. The summed E-state index contributed by atoms with van der Waals surface area (Å²) in [5, 5.41) is 2.95. The zero-order valence-corrected chi connectivity index (χ0v) is 23.6. The molecule has 11 heteroatoms. The summed E-state index contributed by atoms with van der Waals surface area (Å²) in [5.41, 5.74) is 0.432. The van der Waals surface area contributed by atoms with Crippen LogP contribution in [0.5, 0.6) is 5.75 Å². The Bertz CT molecular complexity index is 1220. The summed E-state index contributed by atoms with van der Waals surface area (Å²) >= 11 is 0. The number of ether oxygens (including phenoxy) is 2. The van der Waals surface area contributed by atoms with Crippen molar-refractivity contribution in [2.45, 2.75) is 50.8 Å². The van der Waals surface area contributed by atoms with Crippen molar-refractivity contribution >= 4 is 27.6 Å². The van der Waals surface area contributed by atoms with Crippen molar-refractivity contribution in [2.24, 2.45) is 5.92 Å². The van der Waals surface area contributed by atoms with Gasteiger partial charge in [-0.1, -0.05) is 25.1 Å². The maximum absolute atomic E-state index is 13.5. The van der Waals surface area contributed by atoms with Crippen LogP contribution in [-0.4, -0.2) is 82.2 Å². The Labute approximate surface area is 225 Å². The van der Waals surface area contributed by atoms with Gasteiger partial charge in [0.25, 0.3) is 15.9 Å². The first-order valence-corrected chi connectivity index (χ1v) is 14.1. The first kappa shape index (κ1) is 29.2. The lowest BCUT2D eigenvalue weighted by atomic mass is 10.0. The fraction of sp³-hybridized carbons (Fsp3) is 0.481. The molecule has 38 heavy (non-hydrogen) atoms. The number of amides is 3. The smallest absolute Gasteiger partial charge is 0.317 e. The van der Waals surface area contributed by atoms with Gasteiger partial charge in [0.1, 0.15) is 12.4 Å². The van der Waals surface area contributed by atoms with Crippen LogP contribution in [0.4, 0.5) is 10.5 Å². The summed E-state index contributed by atoms with van der Waals surface area (Å²) in [6.45, 7) is 8.48. The molecule has 0 saturated heterocycles. The monoisotopic (exact) mass is 546 g/mol. The van der Waals surface area contributed by atoms with E-state index in [2.05, 4.69) is 10.0 Å². The van der Waals surface area contributed by atoms with Crippen molar-refractivity contribution in [1.82, 2.24) is 15.1 Å². The van der Waals surface area contributed by atoms with Crippen molar-refractivity contribution < 1.29 is 27.5 Å². The van der Waals surface area contributed by atoms with E-state index in [0.717, 1.165) is 0 Å². The van der Waals surface area contributed by atoms with Crippen molar-refractivity contribution in [2.75, 3.05) is 38.6 Å². The lowest BCUT2D eigenvalue weighted by Gasteiger charge is -2.36. The third kappa shape index (κ3) is 7.16. The first-order valence-electron chi connectivity index (χ1n) is 12.6. The first-order chi connectivity index (χ1) is 17.9. The molecule has 0 unspecified atom stereocenters. The molecule has 1 heterocycles. The molecule has 0 bridgehead atoms. The molecule has 0 radical (unpaired) electrons. The van der Waals surface area contributed by atoms with Gasteiger partial charge in [0.05, 0.1) is 22.6 Å². The van der Waals surface area contributed by atoms with Crippen molar-refractivity contribution in [1.29, 1.82) is 0 Å². The van der Waals surface area contributed by atoms with Crippen molar-refractivity contribution in [3.8, 4) is 5.75 Å². The largest absolute Gasteiger partial charge is 0.491 e. The van der Waals surface area contributed by atoms with Gasteiger partial charge in [-0.2, -0.15) is 0 Å². The number of sulfonamides is 1. The average molecular weight is 547 g/mol. The molecule has 208 valence electrons. The van der Waals surface area contributed by atoms with Crippen LogP contribution in [0.3, 0.4) is 0 Å². The van der Waals surface area contributed by atoms with Crippen LogP contribution in [0.15, 0.2) is 53.4 Å². The molecule has 10 nitrogen and oxygen atoms in total. The Morgan fingerprint density at radius 3 is 2.42 bits per heavy atom. The summed E-state index contributed by atoms with van der Waals surface area (Å²) in [7, 11) is -0.613. The lowest BCUT2D eigenvalue weighted by molar-refractivity contribution is 0.0165. The number of benzene rings is 2. The van der Waals surface area contributed by atoms with Crippen LogP contribution >= 0.6 is 0 Å². The predicted molar refractivity (Wildman–Crippen MR) is 146 cm³/mol. The molecule has 1 aliphatic rings. The molecule has 3 rings (SSSR count). The maximum atomic E-state index is 13.5. The minimum Gasteiger partial charge on any atom is -0.491 e. The second-order valence-corrected chi connectivity index (χ2v) is 11.7. The highest BCUT2D eigenvalue weighted by atomic mass is 32.2. The zero-order chi connectivity index (χ0) is 28.0. The van der Waals surface area contributed by atoms with Gasteiger partial charge in [-0.25, -0.2) is 13.2 Å². The van der Waals surface area contributed by atoms with E-state index in [1.54, 1.807) is 49.4 Å². The molecular formula is C27H38N4O6S. The number of hydrogen-bond donors (Lipinski definition) is 2. The number of urea groups is 1. The molecule has 2 N–H and O–H groups in total. The van der Waals surface area contributed by atoms with Crippen molar-refractivity contribution in [3.05, 3.63) is 54.1 Å². The summed E-state index contributed by atoms with van der Waals surface area (Å²) in [6, 6.07) is 12.0. The Morgan fingerprint density at radius 1 is 1.11 bits per heavy atom. The molecular weight excluding hydrogens is 508 g/mol. The minimum atomic E-state index is -3.85. The number of methoxy groups -OCH3 is 1. The zero-order valence-electron chi connectivity index (χ0n) is 22.8. The Hall–Kier alpha value is -3.31. The molecule has 0 fully saturated rings. The van der Waals surface area contributed by atoms with Gasteiger partial charge in [0, 0.05) is 44.9 Å². The summed E-state index contributed by atoms with van der Waals surface area (Å²) in [6.07, 6.45) is -0.339.